The molecule has 1 atom stereocenters. The van der Waals surface area contributed by atoms with Gasteiger partial charge in [-0.15, -0.1) is 23.1 Å². The molecule has 0 saturated carbocycles. The number of carbonyl (C=O) groups is 1. The maximum atomic E-state index is 13.0. The number of benzene rings is 3. The fourth-order valence-corrected chi connectivity index (χ4v) is 5.66. The van der Waals surface area contributed by atoms with Crippen LogP contribution in [0.1, 0.15) is 28.6 Å². The van der Waals surface area contributed by atoms with Gasteiger partial charge >= 0.3 is 12.1 Å². The smallest absolute Gasteiger partial charge is 0.416 e. The average molecular weight is 544 g/mol. The van der Waals surface area contributed by atoms with Crippen LogP contribution in [0.2, 0.25) is 0 Å². The third-order valence-corrected chi connectivity index (χ3v) is 7.95. The van der Waals surface area contributed by atoms with E-state index < -0.39 is 23.8 Å². The van der Waals surface area contributed by atoms with Gasteiger partial charge in [0.25, 0.3) is 0 Å². The average Bonchev–Trinajstić information content (AvgIpc) is 3.30. The van der Waals surface area contributed by atoms with Crippen LogP contribution < -0.4 is 4.74 Å². The van der Waals surface area contributed by atoms with Crippen molar-refractivity contribution in [3.8, 4) is 16.3 Å². The predicted molar refractivity (Wildman–Crippen MR) is 140 cm³/mol. The van der Waals surface area contributed by atoms with Gasteiger partial charge in [-0.3, -0.25) is 0 Å². The van der Waals surface area contributed by atoms with Crippen molar-refractivity contribution in [3.63, 3.8) is 0 Å². The molecule has 0 aliphatic carbocycles. The van der Waals surface area contributed by atoms with Gasteiger partial charge in [0.05, 0.1) is 11.3 Å². The molecule has 0 amide bonds. The van der Waals surface area contributed by atoms with Crippen LogP contribution in [0.4, 0.5) is 13.2 Å². The van der Waals surface area contributed by atoms with Gasteiger partial charge in [0, 0.05) is 21.1 Å². The highest BCUT2D eigenvalue weighted by molar-refractivity contribution is 7.98. The quantitative estimate of drug-likeness (QED) is 0.207. The van der Waals surface area contributed by atoms with Gasteiger partial charge in [-0.25, -0.2) is 9.78 Å². The van der Waals surface area contributed by atoms with Crippen molar-refractivity contribution in [2.75, 3.05) is 0 Å². The molecule has 1 unspecified atom stereocenters. The lowest BCUT2D eigenvalue weighted by Gasteiger charge is -2.10. The lowest BCUT2D eigenvalue weighted by atomic mass is 10.1. The number of nitrogens with zero attached hydrogens (tertiary/aromatic N) is 1. The number of aliphatic carboxylic acids is 1. The fourth-order valence-electron chi connectivity index (χ4n) is 3.54. The lowest BCUT2D eigenvalue weighted by molar-refractivity contribution is -0.144. The van der Waals surface area contributed by atoms with E-state index >= 15 is 0 Å². The van der Waals surface area contributed by atoms with Crippen LogP contribution in [0, 0.1) is 0 Å². The van der Waals surface area contributed by atoms with E-state index in [9.17, 15) is 18.0 Å². The normalized spacial score (nSPS) is 12.3. The summed E-state index contributed by atoms with van der Waals surface area (Å²) in [4.78, 5) is 17.8. The zero-order valence-electron chi connectivity index (χ0n) is 19.9. The van der Waals surface area contributed by atoms with Crippen LogP contribution in [0.3, 0.4) is 0 Å². The molecule has 0 saturated heterocycles. The number of hydrogen-bond acceptors (Lipinski definition) is 5. The molecule has 4 nitrogen and oxygen atoms in total. The minimum atomic E-state index is -4.38. The molecule has 1 heterocycles. The number of carboxylic acids is 1. The highest BCUT2D eigenvalue weighted by Crippen LogP contribution is 2.36. The second-order valence-corrected chi connectivity index (χ2v) is 10.4. The Morgan fingerprint density at radius 2 is 1.68 bits per heavy atom. The van der Waals surface area contributed by atoms with Gasteiger partial charge in [-0.2, -0.15) is 13.2 Å². The van der Waals surface area contributed by atoms with Crippen molar-refractivity contribution in [2.45, 2.75) is 42.7 Å². The Morgan fingerprint density at radius 3 is 2.30 bits per heavy atom. The number of thioether (sulfide) groups is 1. The highest BCUT2D eigenvalue weighted by atomic mass is 32.2. The highest BCUT2D eigenvalue weighted by Gasteiger charge is 2.30. The number of carboxylic acid groups (broad SMARTS) is 1. The number of aromatic nitrogens is 1. The Bertz CT molecular complexity index is 1320. The van der Waals surface area contributed by atoms with E-state index in [1.165, 1.54) is 36.0 Å². The van der Waals surface area contributed by atoms with E-state index in [1.54, 1.807) is 23.9 Å². The number of alkyl halides is 3. The van der Waals surface area contributed by atoms with Crippen LogP contribution in [-0.4, -0.2) is 22.2 Å². The predicted octanol–water partition coefficient (Wildman–Crippen LogP) is 7.76. The van der Waals surface area contributed by atoms with Crippen molar-refractivity contribution in [1.82, 2.24) is 4.98 Å². The summed E-state index contributed by atoms with van der Waals surface area (Å²) >= 11 is 3.10. The molecule has 0 aliphatic rings. The summed E-state index contributed by atoms with van der Waals surface area (Å²) < 4.78 is 44.3. The van der Waals surface area contributed by atoms with E-state index in [2.05, 4.69) is 12.1 Å². The molecule has 192 valence electrons. The van der Waals surface area contributed by atoms with Crippen molar-refractivity contribution in [2.24, 2.45) is 0 Å². The Hall–Kier alpha value is -3.30. The van der Waals surface area contributed by atoms with E-state index in [1.807, 2.05) is 30.3 Å². The number of ether oxygens (including phenoxy) is 1. The third kappa shape index (κ3) is 7.36. The number of hydrogen-bond donors (Lipinski definition) is 1. The van der Waals surface area contributed by atoms with Crippen molar-refractivity contribution < 1.29 is 27.8 Å². The first kappa shape index (κ1) is 26.8. The van der Waals surface area contributed by atoms with Gasteiger partial charge in [-0.05, 0) is 61.7 Å². The number of rotatable bonds is 10. The molecule has 4 aromatic rings. The first-order chi connectivity index (χ1) is 17.7. The van der Waals surface area contributed by atoms with Crippen LogP contribution in [0.25, 0.3) is 10.6 Å². The SMILES string of the molecule is CC(Oc1ccc(SCc2sc(-c3ccc(C(F)(F)F)cc3)nc2CCc2ccccc2)cc1)C(=O)O. The monoisotopic (exact) mass is 543 g/mol. The lowest BCUT2D eigenvalue weighted by Crippen LogP contribution is -2.22. The molecular weight excluding hydrogens is 519 g/mol. The first-order valence-electron chi connectivity index (χ1n) is 11.5. The summed E-state index contributed by atoms with van der Waals surface area (Å²) in [5, 5.41) is 9.69. The van der Waals surface area contributed by atoms with E-state index in [0.717, 1.165) is 40.4 Å². The van der Waals surface area contributed by atoms with Crippen LogP contribution in [0.5, 0.6) is 5.75 Å². The van der Waals surface area contributed by atoms with Crippen molar-refractivity contribution >= 4 is 29.1 Å². The minimum absolute atomic E-state index is 0.477. The summed E-state index contributed by atoms with van der Waals surface area (Å²) in [6.07, 6.45) is -3.79. The Labute approximate surface area is 221 Å². The van der Waals surface area contributed by atoms with Crippen LogP contribution in [-0.2, 0) is 29.6 Å². The zero-order valence-corrected chi connectivity index (χ0v) is 21.5. The van der Waals surface area contributed by atoms with Gasteiger partial charge in [0.1, 0.15) is 10.8 Å². The molecule has 4 rings (SSSR count). The maximum absolute atomic E-state index is 13.0. The molecule has 0 aliphatic heterocycles. The largest absolute Gasteiger partial charge is 0.479 e. The molecule has 1 aromatic heterocycles. The molecule has 0 fully saturated rings. The molecule has 0 bridgehead atoms. The third-order valence-electron chi connectivity index (χ3n) is 5.59. The zero-order chi connectivity index (χ0) is 26.4. The van der Waals surface area contributed by atoms with Crippen molar-refractivity contribution in [1.29, 1.82) is 0 Å². The van der Waals surface area contributed by atoms with E-state index in [-0.39, 0.29) is 0 Å². The number of halogens is 3. The second-order valence-electron chi connectivity index (χ2n) is 8.31. The van der Waals surface area contributed by atoms with E-state index in [0.29, 0.717) is 22.1 Å². The van der Waals surface area contributed by atoms with Gasteiger partial charge in [0.15, 0.2) is 6.10 Å². The van der Waals surface area contributed by atoms with E-state index in [4.69, 9.17) is 14.8 Å². The number of aryl methyl sites for hydroxylation is 2. The molecule has 37 heavy (non-hydrogen) atoms. The summed E-state index contributed by atoms with van der Waals surface area (Å²) in [6, 6.07) is 22.4. The Morgan fingerprint density at radius 1 is 1.00 bits per heavy atom. The van der Waals surface area contributed by atoms with Gasteiger partial charge in [0.2, 0.25) is 0 Å². The molecule has 9 heteroatoms. The summed E-state index contributed by atoms with van der Waals surface area (Å²) in [6.45, 7) is 1.47. The molecule has 0 radical (unpaired) electrons. The van der Waals surface area contributed by atoms with Crippen molar-refractivity contribution in [3.05, 3.63) is 101 Å². The van der Waals surface area contributed by atoms with Crippen LogP contribution in [0.15, 0.2) is 83.8 Å². The molecule has 1 N–H and O–H groups in total. The topological polar surface area (TPSA) is 59.4 Å². The van der Waals surface area contributed by atoms with Gasteiger partial charge in [-0.1, -0.05) is 42.5 Å². The standard InChI is InChI=1S/C28H24F3NO3S2/c1-18(27(33)34)35-22-12-14-23(15-13-22)36-17-25-24(16-7-19-5-3-2-4-6-19)32-26(37-25)20-8-10-21(11-9-20)28(29,30)31/h2-6,8-15,18H,7,16-17H2,1H3,(H,33,34). The van der Waals surface area contributed by atoms with Crippen LogP contribution >= 0.6 is 23.1 Å². The maximum Gasteiger partial charge on any atom is 0.416 e. The summed E-state index contributed by atoms with van der Waals surface area (Å²) in [5.74, 6) is 0.0921. The molecule has 3 aromatic carbocycles. The Kier molecular flexibility index (Phi) is 8.56. The summed E-state index contributed by atoms with van der Waals surface area (Å²) in [5.41, 5.74) is 2.10. The second kappa shape index (κ2) is 11.8. The molecule has 0 spiro atoms. The first-order valence-corrected chi connectivity index (χ1v) is 13.3. The van der Waals surface area contributed by atoms with Gasteiger partial charge < -0.3 is 9.84 Å². The molecular formula is C28H24F3NO3S2. The minimum Gasteiger partial charge on any atom is -0.479 e. The number of thiazole rings is 1. The fraction of sp³-hybridized carbons (Fsp3) is 0.214. The Balaban J connectivity index is 1.51. The summed E-state index contributed by atoms with van der Waals surface area (Å²) in [7, 11) is 0.